The predicted molar refractivity (Wildman–Crippen MR) is 163 cm³/mol. The number of nitrogens with two attached hydrogens (primary N) is 1. The molecule has 8 nitrogen and oxygen atoms in total. The lowest BCUT2D eigenvalue weighted by atomic mass is 9.72. The average molecular weight is 582 g/mol. The van der Waals surface area contributed by atoms with E-state index in [1.165, 1.54) is 0 Å². The van der Waals surface area contributed by atoms with Crippen molar-refractivity contribution in [3.63, 3.8) is 0 Å². The Morgan fingerprint density at radius 1 is 1.23 bits per heavy atom. The van der Waals surface area contributed by atoms with Crippen LogP contribution in [0.1, 0.15) is 65.6 Å². The number of benzene rings is 2. The van der Waals surface area contributed by atoms with Crippen LogP contribution in [0.3, 0.4) is 0 Å². The van der Waals surface area contributed by atoms with Crippen LogP contribution in [0.2, 0.25) is 0 Å². The number of hydrogen-bond acceptors (Lipinski definition) is 7. The van der Waals surface area contributed by atoms with Gasteiger partial charge in [-0.2, -0.15) is 4.31 Å². The molecule has 0 spiro atoms. The molecule has 2 aromatic carbocycles. The van der Waals surface area contributed by atoms with Crippen molar-refractivity contribution in [3.05, 3.63) is 74.5 Å². The van der Waals surface area contributed by atoms with E-state index in [1.807, 2.05) is 67.0 Å². The summed E-state index contributed by atoms with van der Waals surface area (Å²) in [5.41, 5.74) is 10.9. The Balaban J connectivity index is 1.57. The van der Waals surface area contributed by atoms with Gasteiger partial charge in [-0.15, -0.1) is 27.2 Å². The number of fused-ring (bicyclic) bond motifs is 2. The molecule has 0 bridgehead atoms. The Labute approximate surface area is 241 Å². The number of primary amides is 1. The lowest BCUT2D eigenvalue weighted by Crippen LogP contribution is -2.37. The molecule has 3 heterocycles. The van der Waals surface area contributed by atoms with Crippen LogP contribution < -0.4 is 5.73 Å². The van der Waals surface area contributed by atoms with Crippen LogP contribution in [0.25, 0.3) is 11.0 Å². The standard InChI is InChI=1S/C30H39N5O3S2/c1-7-35-24-13-12-23(19(3)28(24)32-33-35)27(30(5,6)29(31)36)25-15-22(20(4)39-25)17-34-16-18(2)14-21-10-8-9-11-26(21)40(34,37)38/h8-13,15,18,27,37-38H,7,14,16-17H2,1-6H3,(H2,31,36). The maximum atomic E-state index is 12.8. The molecule has 2 unspecified atom stereocenters. The molecule has 2 atom stereocenters. The van der Waals surface area contributed by atoms with Gasteiger partial charge in [0.25, 0.3) is 0 Å². The molecule has 5 rings (SSSR count). The lowest BCUT2D eigenvalue weighted by Gasteiger charge is -2.42. The van der Waals surface area contributed by atoms with Gasteiger partial charge in [0.05, 0.1) is 15.8 Å². The highest BCUT2D eigenvalue weighted by atomic mass is 32.3. The summed E-state index contributed by atoms with van der Waals surface area (Å²) in [5, 5.41) is 8.74. The Kier molecular flexibility index (Phi) is 7.60. The monoisotopic (exact) mass is 581 g/mol. The van der Waals surface area contributed by atoms with E-state index in [2.05, 4.69) is 36.3 Å². The van der Waals surface area contributed by atoms with E-state index < -0.39 is 16.2 Å². The minimum absolute atomic E-state index is 0.265. The summed E-state index contributed by atoms with van der Waals surface area (Å²) in [4.78, 5) is 15.6. The first-order valence-corrected chi connectivity index (χ1v) is 16.0. The van der Waals surface area contributed by atoms with Crippen molar-refractivity contribution in [3.8, 4) is 0 Å². The third-order valence-electron chi connectivity index (χ3n) is 8.33. The molecule has 4 N–H and O–H groups in total. The summed E-state index contributed by atoms with van der Waals surface area (Å²) in [6, 6.07) is 13.9. The lowest BCUT2D eigenvalue weighted by molar-refractivity contribution is -0.126. The van der Waals surface area contributed by atoms with E-state index in [9.17, 15) is 13.9 Å². The third kappa shape index (κ3) is 4.86. The summed E-state index contributed by atoms with van der Waals surface area (Å²) >= 11 is 1.64. The molecule has 0 fully saturated rings. The first kappa shape index (κ1) is 28.8. The Bertz CT molecular complexity index is 1570. The molecule has 10 heteroatoms. The predicted octanol–water partition coefficient (Wildman–Crippen LogP) is 6.49. The van der Waals surface area contributed by atoms with Crippen LogP contribution in [-0.2, 0) is 24.3 Å². The average Bonchev–Trinajstić information content (AvgIpc) is 3.46. The van der Waals surface area contributed by atoms with Crippen molar-refractivity contribution in [2.45, 2.75) is 71.9 Å². The van der Waals surface area contributed by atoms with Gasteiger partial charge < -0.3 is 5.73 Å². The first-order valence-electron chi connectivity index (χ1n) is 13.7. The van der Waals surface area contributed by atoms with Gasteiger partial charge in [-0.25, -0.2) is 4.68 Å². The topological polar surface area (TPSA) is 118 Å². The maximum Gasteiger partial charge on any atom is 0.224 e. The van der Waals surface area contributed by atoms with Crippen LogP contribution in [-0.4, -0.2) is 40.9 Å². The van der Waals surface area contributed by atoms with Crippen LogP contribution >= 0.6 is 22.1 Å². The number of aryl methyl sites for hydroxylation is 3. The quantitative estimate of drug-likeness (QED) is 0.230. The van der Waals surface area contributed by atoms with E-state index in [1.54, 1.807) is 11.3 Å². The van der Waals surface area contributed by atoms with E-state index in [0.29, 0.717) is 18.0 Å². The maximum absolute atomic E-state index is 12.8. The van der Waals surface area contributed by atoms with E-state index in [0.717, 1.165) is 56.0 Å². The molecule has 40 heavy (non-hydrogen) atoms. The molecular formula is C30H39N5O3S2. The molecule has 4 aromatic rings. The highest BCUT2D eigenvalue weighted by Crippen LogP contribution is 2.56. The zero-order chi connectivity index (χ0) is 29.0. The van der Waals surface area contributed by atoms with Crippen LogP contribution in [0, 0.1) is 25.2 Å². The minimum Gasteiger partial charge on any atom is -0.369 e. The number of rotatable bonds is 7. The van der Waals surface area contributed by atoms with Gasteiger partial charge in [-0.3, -0.25) is 13.9 Å². The Hall–Kier alpha value is -2.76. The molecular weight excluding hydrogens is 542 g/mol. The molecule has 0 radical (unpaired) electrons. The number of amides is 1. The number of carbonyl (C=O) groups excluding carboxylic acids is 1. The zero-order valence-corrected chi connectivity index (χ0v) is 25.6. The van der Waals surface area contributed by atoms with Gasteiger partial charge in [0.1, 0.15) is 5.52 Å². The summed E-state index contributed by atoms with van der Waals surface area (Å²) < 4.78 is 26.7. The summed E-state index contributed by atoms with van der Waals surface area (Å²) in [6.07, 6.45) is 0.801. The zero-order valence-electron chi connectivity index (χ0n) is 24.0. The summed E-state index contributed by atoms with van der Waals surface area (Å²) in [5.74, 6) is -0.419. The SMILES string of the molecule is CCn1nnc2c(C)c(C(c3cc(CN4CC(C)Cc5ccccc5S4(O)O)c(C)s3)C(C)(C)C(N)=O)ccc21. The van der Waals surface area contributed by atoms with Gasteiger partial charge >= 0.3 is 0 Å². The molecule has 214 valence electrons. The highest BCUT2D eigenvalue weighted by Gasteiger charge is 2.40. The van der Waals surface area contributed by atoms with E-state index in [4.69, 9.17) is 5.73 Å². The second kappa shape index (κ2) is 10.6. The normalized spacial score (nSPS) is 19.2. The Morgan fingerprint density at radius 2 is 1.95 bits per heavy atom. The second-order valence-corrected chi connectivity index (χ2v) is 14.8. The molecule has 1 aliphatic heterocycles. The fourth-order valence-electron chi connectivity index (χ4n) is 5.93. The fraction of sp³-hybridized carbons (Fsp3) is 0.433. The molecule has 1 amide bonds. The molecule has 1 aliphatic rings. The van der Waals surface area contributed by atoms with Crippen molar-refractivity contribution >= 4 is 39.1 Å². The van der Waals surface area contributed by atoms with Crippen molar-refractivity contribution in [1.82, 2.24) is 19.3 Å². The number of thiophene rings is 1. The summed E-state index contributed by atoms with van der Waals surface area (Å²) in [7, 11) is -3.16. The minimum atomic E-state index is -3.16. The van der Waals surface area contributed by atoms with Gasteiger partial charge in [0, 0.05) is 35.3 Å². The molecule has 2 aromatic heterocycles. The van der Waals surface area contributed by atoms with E-state index >= 15 is 0 Å². The third-order valence-corrected chi connectivity index (χ3v) is 11.5. The van der Waals surface area contributed by atoms with Crippen molar-refractivity contribution in [1.29, 1.82) is 0 Å². The fourth-order valence-corrected chi connectivity index (χ4v) is 9.10. The van der Waals surface area contributed by atoms with Gasteiger partial charge in [-0.1, -0.05) is 50.3 Å². The van der Waals surface area contributed by atoms with E-state index in [-0.39, 0.29) is 17.7 Å². The van der Waals surface area contributed by atoms with Gasteiger partial charge in [0.15, 0.2) is 0 Å². The number of nitrogens with zero attached hydrogens (tertiary/aromatic N) is 4. The van der Waals surface area contributed by atoms with Crippen molar-refractivity contribution in [2.24, 2.45) is 17.1 Å². The number of carbonyl (C=O) groups is 1. The van der Waals surface area contributed by atoms with Crippen molar-refractivity contribution in [2.75, 3.05) is 6.54 Å². The number of aromatic nitrogens is 3. The highest BCUT2D eigenvalue weighted by molar-refractivity contribution is 8.22. The first-order chi connectivity index (χ1) is 18.9. The molecule has 0 aliphatic carbocycles. The number of hydrogen-bond donors (Lipinski definition) is 3. The molecule has 0 saturated heterocycles. The van der Waals surface area contributed by atoms with Gasteiger partial charge in [-0.05, 0) is 73.6 Å². The summed E-state index contributed by atoms with van der Waals surface area (Å²) in [6.45, 7) is 13.7. The van der Waals surface area contributed by atoms with Gasteiger partial charge in [0.2, 0.25) is 5.91 Å². The largest absolute Gasteiger partial charge is 0.369 e. The van der Waals surface area contributed by atoms with Crippen LogP contribution in [0.4, 0.5) is 0 Å². The van der Waals surface area contributed by atoms with Crippen LogP contribution in [0.5, 0.6) is 0 Å². The van der Waals surface area contributed by atoms with Crippen LogP contribution in [0.15, 0.2) is 47.4 Å². The van der Waals surface area contributed by atoms with Crippen molar-refractivity contribution < 1.29 is 13.9 Å². The molecule has 0 saturated carbocycles. The second-order valence-electron chi connectivity index (χ2n) is 11.6. The smallest absolute Gasteiger partial charge is 0.224 e. The Morgan fingerprint density at radius 3 is 2.65 bits per heavy atom.